The van der Waals surface area contributed by atoms with Crippen LogP contribution < -0.4 is 0 Å². The van der Waals surface area contributed by atoms with Crippen molar-refractivity contribution < 1.29 is 9.53 Å². The van der Waals surface area contributed by atoms with E-state index in [4.69, 9.17) is 0 Å². The summed E-state index contributed by atoms with van der Waals surface area (Å²) >= 11 is 0. The average molecular weight is 115 g/mol. The molecule has 3 nitrogen and oxygen atoms in total. The van der Waals surface area contributed by atoms with Gasteiger partial charge < -0.3 is 4.74 Å². The number of nitrogens with zero attached hydrogens (tertiary/aromatic N) is 1. The number of methoxy groups -OCH3 is 1. The predicted octanol–water partition coefficient (Wildman–Crippen LogP) is 1.23. The smallest absolute Gasteiger partial charge is 0.432 e. The summed E-state index contributed by atoms with van der Waals surface area (Å²) in [5, 5.41) is 0. The number of aliphatic imine (C=N–C) groups is 1. The Balaban J connectivity index is 3.37. The molecule has 0 saturated heterocycles. The molecule has 0 radical (unpaired) electrons. The van der Waals surface area contributed by atoms with Crippen LogP contribution in [0.25, 0.3) is 0 Å². The highest BCUT2D eigenvalue weighted by molar-refractivity contribution is 5.78. The van der Waals surface area contributed by atoms with Gasteiger partial charge in [0.1, 0.15) is 0 Å². The maximum Gasteiger partial charge on any atom is 0.432 e. The summed E-state index contributed by atoms with van der Waals surface area (Å²) in [6.07, 6.45) is 1.73. The SMILES string of the molecule is CCC=NC(=O)OC. The average Bonchev–Trinajstić information content (AvgIpc) is 1.83. The van der Waals surface area contributed by atoms with Gasteiger partial charge in [0, 0.05) is 6.21 Å². The number of carbonyl (C=O) groups excluding carboxylic acids is 1. The van der Waals surface area contributed by atoms with Crippen molar-refractivity contribution in [3.05, 3.63) is 0 Å². The molecule has 0 aliphatic rings. The molecule has 0 atom stereocenters. The minimum absolute atomic E-state index is 0.535. The van der Waals surface area contributed by atoms with Gasteiger partial charge >= 0.3 is 6.09 Å². The van der Waals surface area contributed by atoms with Gasteiger partial charge in [0.05, 0.1) is 7.11 Å². The molecule has 0 heterocycles. The number of ether oxygens (including phenoxy) is 1. The lowest BCUT2D eigenvalue weighted by molar-refractivity contribution is 0.182. The van der Waals surface area contributed by atoms with E-state index in [1.807, 2.05) is 6.92 Å². The van der Waals surface area contributed by atoms with E-state index in [1.54, 1.807) is 0 Å². The minimum Gasteiger partial charge on any atom is -0.451 e. The van der Waals surface area contributed by atoms with Crippen molar-refractivity contribution in [3.63, 3.8) is 0 Å². The molecule has 0 aromatic carbocycles. The number of hydrogen-bond acceptors (Lipinski definition) is 2. The maximum absolute atomic E-state index is 10.2. The van der Waals surface area contributed by atoms with Gasteiger partial charge in [-0.05, 0) is 6.42 Å². The first-order chi connectivity index (χ1) is 3.81. The topological polar surface area (TPSA) is 38.7 Å². The normalized spacial score (nSPS) is 9.75. The van der Waals surface area contributed by atoms with Gasteiger partial charge in [-0.25, -0.2) is 4.79 Å². The second kappa shape index (κ2) is 4.30. The lowest BCUT2D eigenvalue weighted by atomic mass is 10.5. The predicted molar refractivity (Wildman–Crippen MR) is 31.2 cm³/mol. The third-order valence-electron chi connectivity index (χ3n) is 0.554. The zero-order valence-corrected chi connectivity index (χ0v) is 5.05. The summed E-state index contributed by atoms with van der Waals surface area (Å²) < 4.78 is 4.22. The highest BCUT2D eigenvalue weighted by atomic mass is 16.5. The fourth-order valence-electron chi connectivity index (χ4n) is 0.219. The molecule has 0 fully saturated rings. The fourth-order valence-corrected chi connectivity index (χ4v) is 0.219. The molecule has 0 aromatic heterocycles. The van der Waals surface area contributed by atoms with E-state index in [-0.39, 0.29) is 0 Å². The van der Waals surface area contributed by atoms with Gasteiger partial charge in [0.25, 0.3) is 0 Å². The van der Waals surface area contributed by atoms with Gasteiger partial charge in [-0.15, -0.1) is 0 Å². The van der Waals surface area contributed by atoms with Crippen molar-refractivity contribution >= 4 is 12.3 Å². The molecule has 0 aliphatic carbocycles. The van der Waals surface area contributed by atoms with Crippen LogP contribution in [0.3, 0.4) is 0 Å². The molecule has 0 spiro atoms. The van der Waals surface area contributed by atoms with Crippen LogP contribution in [0, 0.1) is 0 Å². The van der Waals surface area contributed by atoms with Gasteiger partial charge in [0.2, 0.25) is 0 Å². The molecule has 1 amide bonds. The van der Waals surface area contributed by atoms with Crippen LogP contribution in [0.2, 0.25) is 0 Å². The molecule has 0 unspecified atom stereocenters. The zero-order chi connectivity index (χ0) is 6.41. The molecule has 0 aromatic rings. The second-order valence-electron chi connectivity index (χ2n) is 1.19. The molecule has 8 heavy (non-hydrogen) atoms. The Morgan fingerprint density at radius 3 is 2.88 bits per heavy atom. The third-order valence-corrected chi connectivity index (χ3v) is 0.554. The highest BCUT2D eigenvalue weighted by Crippen LogP contribution is 1.77. The van der Waals surface area contributed by atoms with Crippen molar-refractivity contribution in [1.29, 1.82) is 0 Å². The van der Waals surface area contributed by atoms with Crippen LogP contribution in [0.1, 0.15) is 13.3 Å². The standard InChI is InChI=1S/C5H9NO2/c1-3-4-6-5(7)8-2/h4H,3H2,1-2H3. The Morgan fingerprint density at radius 1 is 1.88 bits per heavy atom. The van der Waals surface area contributed by atoms with E-state index in [0.29, 0.717) is 0 Å². The first-order valence-electron chi connectivity index (χ1n) is 2.41. The van der Waals surface area contributed by atoms with Crippen molar-refractivity contribution in [2.75, 3.05) is 7.11 Å². The number of hydrogen-bond donors (Lipinski definition) is 0. The summed E-state index contributed by atoms with van der Waals surface area (Å²) in [6, 6.07) is 0. The molecular formula is C5H9NO2. The summed E-state index contributed by atoms with van der Waals surface area (Å²) in [7, 11) is 1.30. The molecule has 0 rings (SSSR count). The Hall–Kier alpha value is -0.860. The largest absolute Gasteiger partial charge is 0.451 e. The van der Waals surface area contributed by atoms with Crippen LogP contribution >= 0.6 is 0 Å². The van der Waals surface area contributed by atoms with Crippen molar-refractivity contribution in [1.82, 2.24) is 0 Å². The van der Waals surface area contributed by atoms with Crippen LogP contribution in [-0.2, 0) is 4.74 Å². The van der Waals surface area contributed by atoms with Crippen LogP contribution in [0.5, 0.6) is 0 Å². The number of amides is 1. The molecule has 0 saturated carbocycles. The first-order valence-corrected chi connectivity index (χ1v) is 2.41. The van der Waals surface area contributed by atoms with E-state index >= 15 is 0 Å². The molecular weight excluding hydrogens is 106 g/mol. The van der Waals surface area contributed by atoms with E-state index in [9.17, 15) is 4.79 Å². The van der Waals surface area contributed by atoms with E-state index < -0.39 is 6.09 Å². The van der Waals surface area contributed by atoms with Crippen molar-refractivity contribution in [3.8, 4) is 0 Å². The third kappa shape index (κ3) is 3.33. The Morgan fingerprint density at radius 2 is 2.50 bits per heavy atom. The lowest BCUT2D eigenvalue weighted by Gasteiger charge is -1.85. The number of rotatable bonds is 1. The maximum atomic E-state index is 10.2. The van der Waals surface area contributed by atoms with E-state index in [0.717, 1.165) is 6.42 Å². The van der Waals surface area contributed by atoms with Crippen LogP contribution in [0.15, 0.2) is 4.99 Å². The zero-order valence-electron chi connectivity index (χ0n) is 5.05. The van der Waals surface area contributed by atoms with E-state index in [1.165, 1.54) is 13.3 Å². The van der Waals surface area contributed by atoms with Gasteiger partial charge in [-0.3, -0.25) is 0 Å². The Kier molecular flexibility index (Phi) is 3.84. The van der Waals surface area contributed by atoms with Crippen LogP contribution in [-0.4, -0.2) is 19.4 Å². The van der Waals surface area contributed by atoms with Crippen LogP contribution in [0.4, 0.5) is 4.79 Å². The quantitative estimate of drug-likeness (QED) is 0.482. The minimum atomic E-state index is -0.535. The molecule has 3 heteroatoms. The van der Waals surface area contributed by atoms with Gasteiger partial charge in [-0.1, -0.05) is 6.92 Å². The monoisotopic (exact) mass is 115 g/mol. The summed E-state index contributed by atoms with van der Waals surface area (Å²) in [6.45, 7) is 1.90. The molecule has 0 bridgehead atoms. The van der Waals surface area contributed by atoms with E-state index in [2.05, 4.69) is 9.73 Å². The number of carbonyl (C=O) groups is 1. The molecule has 46 valence electrons. The molecule has 0 N–H and O–H groups in total. The summed E-state index contributed by atoms with van der Waals surface area (Å²) in [5.41, 5.74) is 0. The molecule has 0 aliphatic heterocycles. The summed E-state index contributed by atoms with van der Waals surface area (Å²) in [4.78, 5) is 13.5. The second-order valence-corrected chi connectivity index (χ2v) is 1.19. The van der Waals surface area contributed by atoms with Crippen molar-refractivity contribution in [2.45, 2.75) is 13.3 Å². The fraction of sp³-hybridized carbons (Fsp3) is 0.600. The first kappa shape index (κ1) is 7.14. The van der Waals surface area contributed by atoms with Crippen molar-refractivity contribution in [2.24, 2.45) is 4.99 Å². The summed E-state index contributed by atoms with van der Waals surface area (Å²) in [5.74, 6) is 0. The Labute approximate surface area is 48.4 Å². The highest BCUT2D eigenvalue weighted by Gasteiger charge is 1.87. The Bertz CT molecular complexity index is 98.6. The van der Waals surface area contributed by atoms with Gasteiger partial charge in [0.15, 0.2) is 0 Å². The van der Waals surface area contributed by atoms with Gasteiger partial charge in [-0.2, -0.15) is 4.99 Å². The lowest BCUT2D eigenvalue weighted by Crippen LogP contribution is -1.91.